The van der Waals surface area contributed by atoms with Crippen molar-refractivity contribution in [3.05, 3.63) is 71.0 Å². The summed E-state index contributed by atoms with van der Waals surface area (Å²) < 4.78 is 13.0. The largest absolute Gasteiger partial charge is 0.357 e. The fourth-order valence-corrected chi connectivity index (χ4v) is 2.93. The lowest BCUT2D eigenvalue weighted by molar-refractivity contribution is 0.0773. The van der Waals surface area contributed by atoms with E-state index in [-0.39, 0.29) is 35.7 Å². The highest BCUT2D eigenvalue weighted by Gasteiger charge is 2.11. The lowest BCUT2D eigenvalue weighted by Crippen LogP contribution is -2.38. The molecule has 0 unspecified atom stereocenters. The molecule has 164 valence electrons. The van der Waals surface area contributed by atoms with Crippen molar-refractivity contribution < 1.29 is 9.18 Å². The molecule has 0 aliphatic rings. The van der Waals surface area contributed by atoms with Gasteiger partial charge in [0.2, 0.25) is 0 Å². The van der Waals surface area contributed by atoms with Gasteiger partial charge < -0.3 is 15.5 Å². The molecule has 0 heterocycles. The Morgan fingerprint density at radius 3 is 2.10 bits per heavy atom. The van der Waals surface area contributed by atoms with Gasteiger partial charge in [0.05, 0.1) is 6.54 Å². The minimum absolute atomic E-state index is 0. The summed E-state index contributed by atoms with van der Waals surface area (Å²) in [4.78, 5) is 18.8. The molecule has 0 radical (unpaired) electrons. The Bertz CT molecular complexity index is 790. The number of rotatable bonds is 9. The van der Waals surface area contributed by atoms with Crippen molar-refractivity contribution in [2.24, 2.45) is 4.99 Å². The van der Waals surface area contributed by atoms with Crippen molar-refractivity contribution >= 4 is 35.8 Å². The van der Waals surface area contributed by atoms with Crippen LogP contribution in [-0.4, -0.2) is 42.9 Å². The van der Waals surface area contributed by atoms with E-state index in [0.717, 1.165) is 30.1 Å². The summed E-state index contributed by atoms with van der Waals surface area (Å²) in [5, 5.41) is 6.52. The van der Waals surface area contributed by atoms with Gasteiger partial charge in [-0.25, -0.2) is 9.38 Å². The first-order valence-corrected chi connectivity index (χ1v) is 10.2. The second-order valence-electron chi connectivity index (χ2n) is 6.67. The van der Waals surface area contributed by atoms with Crippen LogP contribution in [0, 0.1) is 5.82 Å². The SMILES string of the molecule is CCNC(=NCc1ccc(C(=O)N(CC)CC)cc1)NCCc1ccc(F)cc1.I. The van der Waals surface area contributed by atoms with Crippen molar-refractivity contribution in [1.29, 1.82) is 0 Å². The molecule has 0 aliphatic carbocycles. The van der Waals surface area contributed by atoms with Gasteiger partial charge in [0, 0.05) is 31.7 Å². The van der Waals surface area contributed by atoms with Gasteiger partial charge in [0.25, 0.3) is 5.91 Å². The molecule has 2 aromatic carbocycles. The van der Waals surface area contributed by atoms with Gasteiger partial charge in [-0.2, -0.15) is 0 Å². The molecule has 0 fully saturated rings. The highest BCUT2D eigenvalue weighted by molar-refractivity contribution is 14.0. The second kappa shape index (κ2) is 14.0. The second-order valence-corrected chi connectivity index (χ2v) is 6.67. The van der Waals surface area contributed by atoms with Gasteiger partial charge in [-0.3, -0.25) is 4.79 Å². The first-order chi connectivity index (χ1) is 14.1. The summed E-state index contributed by atoms with van der Waals surface area (Å²) in [5.41, 5.74) is 2.81. The van der Waals surface area contributed by atoms with Gasteiger partial charge in [-0.15, -0.1) is 24.0 Å². The number of halogens is 2. The average Bonchev–Trinajstić information content (AvgIpc) is 2.74. The monoisotopic (exact) mass is 526 g/mol. The number of carbonyl (C=O) groups is 1. The lowest BCUT2D eigenvalue weighted by Gasteiger charge is -2.18. The Morgan fingerprint density at radius 1 is 0.933 bits per heavy atom. The molecule has 0 atom stereocenters. The Morgan fingerprint density at radius 2 is 1.53 bits per heavy atom. The third kappa shape index (κ3) is 8.30. The molecule has 0 saturated heterocycles. The van der Waals surface area contributed by atoms with E-state index in [0.29, 0.717) is 31.7 Å². The molecule has 30 heavy (non-hydrogen) atoms. The average molecular weight is 526 g/mol. The number of nitrogens with one attached hydrogen (secondary N) is 2. The van der Waals surface area contributed by atoms with E-state index in [9.17, 15) is 9.18 Å². The predicted octanol–water partition coefficient (Wildman–Crippen LogP) is 4.22. The van der Waals surface area contributed by atoms with Gasteiger partial charge in [0.15, 0.2) is 5.96 Å². The molecule has 0 spiro atoms. The number of hydrogen-bond acceptors (Lipinski definition) is 2. The summed E-state index contributed by atoms with van der Waals surface area (Å²) in [6, 6.07) is 14.2. The molecule has 2 rings (SSSR count). The Hall–Kier alpha value is -2.16. The van der Waals surface area contributed by atoms with Crippen molar-refractivity contribution in [3.8, 4) is 0 Å². The van der Waals surface area contributed by atoms with Crippen molar-refractivity contribution in [2.45, 2.75) is 33.7 Å². The van der Waals surface area contributed by atoms with Gasteiger partial charge in [0.1, 0.15) is 5.82 Å². The Balaban J connectivity index is 0.00000450. The summed E-state index contributed by atoms with van der Waals surface area (Å²) >= 11 is 0. The zero-order valence-corrected chi connectivity index (χ0v) is 20.3. The van der Waals surface area contributed by atoms with Crippen LogP contribution in [0.25, 0.3) is 0 Å². The van der Waals surface area contributed by atoms with Crippen molar-refractivity contribution in [1.82, 2.24) is 15.5 Å². The predicted molar refractivity (Wildman–Crippen MR) is 132 cm³/mol. The zero-order chi connectivity index (χ0) is 21.1. The molecule has 2 aromatic rings. The van der Waals surface area contributed by atoms with Crippen LogP contribution < -0.4 is 10.6 Å². The molecule has 0 bridgehead atoms. The van der Waals surface area contributed by atoms with E-state index in [2.05, 4.69) is 15.6 Å². The molecule has 1 amide bonds. The normalized spacial score (nSPS) is 10.9. The highest BCUT2D eigenvalue weighted by Crippen LogP contribution is 2.09. The van der Waals surface area contributed by atoms with Gasteiger partial charge >= 0.3 is 0 Å². The Labute approximate surface area is 196 Å². The van der Waals surface area contributed by atoms with E-state index in [1.165, 1.54) is 12.1 Å². The summed E-state index contributed by atoms with van der Waals surface area (Å²) in [7, 11) is 0. The topological polar surface area (TPSA) is 56.7 Å². The van der Waals surface area contributed by atoms with E-state index in [1.807, 2.05) is 49.9 Å². The maximum atomic E-state index is 13.0. The van der Waals surface area contributed by atoms with Crippen LogP contribution in [0.15, 0.2) is 53.5 Å². The van der Waals surface area contributed by atoms with Crippen LogP contribution in [0.4, 0.5) is 4.39 Å². The van der Waals surface area contributed by atoms with Crippen LogP contribution >= 0.6 is 24.0 Å². The highest BCUT2D eigenvalue weighted by atomic mass is 127. The standard InChI is InChI=1S/C23H31FN4O.HI/c1-4-25-23(26-16-15-18-9-13-21(24)14-10-18)27-17-19-7-11-20(12-8-19)22(29)28(5-2)6-3;/h7-14H,4-6,15-17H2,1-3H3,(H2,25,26,27);1H. The van der Waals surface area contributed by atoms with Crippen molar-refractivity contribution in [2.75, 3.05) is 26.2 Å². The third-order valence-electron chi connectivity index (χ3n) is 4.63. The molecule has 2 N–H and O–H groups in total. The smallest absolute Gasteiger partial charge is 0.253 e. The van der Waals surface area contributed by atoms with Crippen LogP contribution in [-0.2, 0) is 13.0 Å². The molecular weight excluding hydrogens is 494 g/mol. The maximum absolute atomic E-state index is 13.0. The van der Waals surface area contributed by atoms with Gasteiger partial charge in [-0.05, 0) is 62.6 Å². The van der Waals surface area contributed by atoms with E-state index in [1.54, 1.807) is 12.1 Å². The van der Waals surface area contributed by atoms with E-state index < -0.39 is 0 Å². The van der Waals surface area contributed by atoms with Crippen LogP contribution in [0.2, 0.25) is 0 Å². The first kappa shape index (κ1) is 25.9. The molecule has 0 aromatic heterocycles. The molecule has 0 saturated carbocycles. The molecular formula is C23H32FIN4O. The lowest BCUT2D eigenvalue weighted by atomic mass is 10.1. The fourth-order valence-electron chi connectivity index (χ4n) is 2.93. The summed E-state index contributed by atoms with van der Waals surface area (Å²) in [6.45, 7) is 9.38. The minimum atomic E-state index is -0.221. The van der Waals surface area contributed by atoms with Crippen LogP contribution in [0.5, 0.6) is 0 Å². The fraction of sp³-hybridized carbons (Fsp3) is 0.391. The maximum Gasteiger partial charge on any atom is 0.253 e. The summed E-state index contributed by atoms with van der Waals surface area (Å²) in [6.07, 6.45) is 0.785. The Kier molecular flexibility index (Phi) is 12.0. The number of hydrogen-bond donors (Lipinski definition) is 2. The third-order valence-corrected chi connectivity index (χ3v) is 4.63. The first-order valence-electron chi connectivity index (χ1n) is 10.2. The quantitative estimate of drug-likeness (QED) is 0.292. The van der Waals surface area contributed by atoms with Gasteiger partial charge in [-0.1, -0.05) is 24.3 Å². The van der Waals surface area contributed by atoms with E-state index in [4.69, 9.17) is 0 Å². The summed E-state index contributed by atoms with van der Waals surface area (Å²) in [5.74, 6) is 0.570. The van der Waals surface area contributed by atoms with Crippen LogP contribution in [0.1, 0.15) is 42.3 Å². The number of guanidine groups is 1. The number of amides is 1. The van der Waals surface area contributed by atoms with Crippen LogP contribution in [0.3, 0.4) is 0 Å². The number of nitrogens with zero attached hydrogens (tertiary/aromatic N) is 2. The van der Waals surface area contributed by atoms with E-state index >= 15 is 0 Å². The minimum Gasteiger partial charge on any atom is -0.357 e. The molecule has 0 aliphatic heterocycles. The zero-order valence-electron chi connectivity index (χ0n) is 18.0. The number of benzene rings is 2. The van der Waals surface area contributed by atoms with Crippen molar-refractivity contribution in [3.63, 3.8) is 0 Å². The number of carbonyl (C=O) groups excluding carboxylic acids is 1. The molecule has 7 heteroatoms. The number of aliphatic imine (C=N–C) groups is 1. The molecule has 5 nitrogen and oxygen atoms in total.